The summed E-state index contributed by atoms with van der Waals surface area (Å²) >= 11 is 0.554. The summed E-state index contributed by atoms with van der Waals surface area (Å²) in [6, 6.07) is 4.58. The normalized spacial score (nSPS) is 12.8. The number of hydrogen-bond donors (Lipinski definition) is 4. The molecule has 0 aliphatic heterocycles. The molecular weight excluding hydrogens is 599 g/mol. The molecule has 4 rings (SSSR count). The van der Waals surface area contributed by atoms with Crippen molar-refractivity contribution in [1.29, 1.82) is 0 Å². The number of amides is 1. The molecule has 4 aromatic rings. The quantitative estimate of drug-likeness (QED) is 0.207. The Kier molecular flexibility index (Phi) is 8.16. The van der Waals surface area contributed by atoms with Gasteiger partial charge in [-0.15, -0.1) is 0 Å². The SMILES string of the molecule is Cc1nc(NC(=O)c2cnn3c(C(F)F)cc(-c4ccc(C(F)(F)F)cc4)nc23)sc1S(=O)(=O)NC(C)(CO)CO. The molecular formula is C23H21F5N6O5S2. The number of nitrogens with one attached hydrogen (secondary N) is 2. The van der Waals surface area contributed by atoms with Crippen LogP contribution in [0.1, 0.15) is 40.7 Å². The Morgan fingerprint density at radius 3 is 2.32 bits per heavy atom. The van der Waals surface area contributed by atoms with Crippen LogP contribution >= 0.6 is 11.3 Å². The van der Waals surface area contributed by atoms with Gasteiger partial charge < -0.3 is 10.2 Å². The number of nitrogens with zero attached hydrogens (tertiary/aromatic N) is 4. The minimum Gasteiger partial charge on any atom is -0.394 e. The fourth-order valence-corrected chi connectivity index (χ4v) is 6.42. The number of rotatable bonds is 9. The van der Waals surface area contributed by atoms with Gasteiger partial charge in [-0.3, -0.25) is 10.1 Å². The third kappa shape index (κ3) is 6.20. The van der Waals surface area contributed by atoms with Crippen molar-refractivity contribution in [2.24, 2.45) is 0 Å². The highest BCUT2D eigenvalue weighted by Gasteiger charge is 2.33. The van der Waals surface area contributed by atoms with Crippen LogP contribution in [0, 0.1) is 6.92 Å². The number of carbonyl (C=O) groups is 1. The third-order valence-electron chi connectivity index (χ3n) is 5.77. The van der Waals surface area contributed by atoms with E-state index >= 15 is 0 Å². The zero-order chi connectivity index (χ0) is 30.3. The van der Waals surface area contributed by atoms with Crippen LogP contribution < -0.4 is 10.0 Å². The van der Waals surface area contributed by atoms with Gasteiger partial charge in [-0.05, 0) is 32.0 Å². The third-order valence-corrected chi connectivity index (χ3v) is 9.09. The van der Waals surface area contributed by atoms with Crippen LogP contribution in [0.5, 0.6) is 0 Å². The first-order chi connectivity index (χ1) is 19.1. The summed E-state index contributed by atoms with van der Waals surface area (Å²) in [5, 5.41) is 24.8. The number of thiazole rings is 1. The fraction of sp³-hybridized carbons (Fsp3) is 0.304. The topological polar surface area (TPSA) is 159 Å². The minimum atomic E-state index is -4.61. The maximum atomic E-state index is 13.9. The van der Waals surface area contributed by atoms with Crippen molar-refractivity contribution in [3.05, 3.63) is 59.0 Å². The van der Waals surface area contributed by atoms with Gasteiger partial charge in [0.15, 0.2) is 15.0 Å². The summed E-state index contributed by atoms with van der Waals surface area (Å²) in [6.07, 6.45) is -6.75. The number of fused-ring (bicyclic) bond motifs is 1. The average molecular weight is 621 g/mol. The van der Waals surface area contributed by atoms with Crippen molar-refractivity contribution < 1.29 is 45.4 Å². The van der Waals surface area contributed by atoms with Crippen molar-refractivity contribution in [3.8, 4) is 11.3 Å². The summed E-state index contributed by atoms with van der Waals surface area (Å²) in [4.78, 5) is 21.3. The Morgan fingerprint density at radius 2 is 1.76 bits per heavy atom. The van der Waals surface area contributed by atoms with Crippen LogP contribution in [0.3, 0.4) is 0 Å². The van der Waals surface area contributed by atoms with E-state index in [4.69, 9.17) is 0 Å². The molecule has 18 heteroatoms. The molecule has 0 spiro atoms. The average Bonchev–Trinajstić information content (AvgIpc) is 3.50. The molecule has 0 aliphatic rings. The molecule has 0 bridgehead atoms. The number of carbonyl (C=O) groups excluding carboxylic acids is 1. The Bertz CT molecular complexity index is 1700. The minimum absolute atomic E-state index is 0.0152. The van der Waals surface area contributed by atoms with Gasteiger partial charge in [0.25, 0.3) is 22.4 Å². The van der Waals surface area contributed by atoms with Gasteiger partial charge in [0.05, 0.1) is 41.9 Å². The molecule has 41 heavy (non-hydrogen) atoms. The summed E-state index contributed by atoms with van der Waals surface area (Å²) in [5.41, 5.74) is -3.92. The molecule has 0 aliphatic carbocycles. The zero-order valence-corrected chi connectivity index (χ0v) is 22.7. The van der Waals surface area contributed by atoms with Gasteiger partial charge in [-0.2, -0.15) is 23.0 Å². The second-order valence-electron chi connectivity index (χ2n) is 9.06. The lowest BCUT2D eigenvalue weighted by Crippen LogP contribution is -2.51. The first-order valence-corrected chi connectivity index (χ1v) is 13.8. The number of halogens is 5. The number of hydrogen-bond acceptors (Lipinski definition) is 9. The number of anilines is 1. The van der Waals surface area contributed by atoms with E-state index in [1.54, 1.807) is 0 Å². The van der Waals surface area contributed by atoms with Crippen LogP contribution in [0.4, 0.5) is 27.1 Å². The number of aliphatic hydroxyl groups excluding tert-OH is 2. The molecule has 11 nitrogen and oxygen atoms in total. The number of aryl methyl sites for hydroxylation is 1. The molecule has 1 amide bonds. The molecule has 1 aromatic carbocycles. The molecule has 0 radical (unpaired) electrons. The van der Waals surface area contributed by atoms with E-state index in [-0.39, 0.29) is 37.5 Å². The summed E-state index contributed by atoms with van der Waals surface area (Å²) in [7, 11) is -4.29. The monoisotopic (exact) mass is 620 g/mol. The van der Waals surface area contributed by atoms with E-state index < -0.39 is 58.5 Å². The van der Waals surface area contributed by atoms with Gasteiger partial charge in [0.2, 0.25) is 0 Å². The predicted octanol–water partition coefficient (Wildman–Crippen LogP) is 3.39. The van der Waals surface area contributed by atoms with E-state index in [9.17, 15) is 45.4 Å². The van der Waals surface area contributed by atoms with Gasteiger partial charge >= 0.3 is 6.18 Å². The lowest BCUT2D eigenvalue weighted by atomic mass is 10.1. The molecule has 0 unspecified atom stereocenters. The van der Waals surface area contributed by atoms with E-state index in [1.165, 1.54) is 13.8 Å². The van der Waals surface area contributed by atoms with E-state index in [2.05, 4.69) is 25.1 Å². The molecule has 0 fully saturated rings. The van der Waals surface area contributed by atoms with Crippen LogP contribution in [0.2, 0.25) is 0 Å². The van der Waals surface area contributed by atoms with Crippen molar-refractivity contribution >= 4 is 38.0 Å². The standard InChI is InChI=1S/C23H21F5N6O5S2/c1-11-20(41(38,39)33-22(2,9-35)10-36)40-21(30-11)32-19(37)14-8-29-34-16(17(24)25)7-15(31-18(14)34)12-3-5-13(6-4-12)23(26,27)28/h3-8,17,33,35-36H,9-10H2,1-2H3,(H,30,32,37). The number of benzene rings is 1. The first kappa shape index (κ1) is 30.4. The van der Waals surface area contributed by atoms with E-state index in [0.717, 1.165) is 36.5 Å². The maximum absolute atomic E-state index is 13.9. The lowest BCUT2D eigenvalue weighted by molar-refractivity contribution is -0.137. The summed E-state index contributed by atoms with van der Waals surface area (Å²) < 4.78 is 94.7. The Hall–Kier alpha value is -3.58. The van der Waals surface area contributed by atoms with Crippen LogP contribution in [0.15, 0.2) is 40.7 Å². The smallest absolute Gasteiger partial charge is 0.394 e. The fourth-order valence-electron chi connectivity index (χ4n) is 3.61. The van der Waals surface area contributed by atoms with Gasteiger partial charge in [-0.1, -0.05) is 23.5 Å². The van der Waals surface area contributed by atoms with Crippen molar-refractivity contribution in [3.63, 3.8) is 0 Å². The second kappa shape index (κ2) is 11.0. The number of aromatic nitrogens is 4. The number of aliphatic hydroxyl groups is 2. The zero-order valence-electron chi connectivity index (χ0n) is 21.1. The Balaban J connectivity index is 1.69. The number of sulfonamides is 1. The molecule has 220 valence electrons. The summed E-state index contributed by atoms with van der Waals surface area (Å²) in [6.45, 7) is 1.20. The second-order valence-corrected chi connectivity index (χ2v) is 11.9. The Labute approximate surface area is 232 Å². The number of alkyl halides is 5. The van der Waals surface area contributed by atoms with E-state index in [0.29, 0.717) is 15.9 Å². The Morgan fingerprint density at radius 1 is 1.12 bits per heavy atom. The van der Waals surface area contributed by atoms with Gasteiger partial charge in [0.1, 0.15) is 11.3 Å². The predicted molar refractivity (Wildman–Crippen MR) is 136 cm³/mol. The molecule has 0 saturated heterocycles. The van der Waals surface area contributed by atoms with Crippen LogP contribution in [0.25, 0.3) is 16.9 Å². The van der Waals surface area contributed by atoms with Crippen LogP contribution in [-0.4, -0.2) is 62.9 Å². The molecule has 4 N–H and O–H groups in total. The first-order valence-electron chi connectivity index (χ1n) is 11.5. The lowest BCUT2D eigenvalue weighted by Gasteiger charge is -2.25. The van der Waals surface area contributed by atoms with Crippen LogP contribution in [-0.2, 0) is 16.2 Å². The maximum Gasteiger partial charge on any atom is 0.416 e. The summed E-state index contributed by atoms with van der Waals surface area (Å²) in [5.74, 6) is -0.932. The van der Waals surface area contributed by atoms with Gasteiger partial charge in [-0.25, -0.2) is 31.7 Å². The van der Waals surface area contributed by atoms with Gasteiger partial charge in [0, 0.05) is 5.56 Å². The van der Waals surface area contributed by atoms with Crippen molar-refractivity contribution in [2.75, 3.05) is 18.5 Å². The largest absolute Gasteiger partial charge is 0.416 e. The molecule has 0 saturated carbocycles. The molecule has 0 atom stereocenters. The van der Waals surface area contributed by atoms with E-state index in [1.807, 2.05) is 0 Å². The highest BCUT2D eigenvalue weighted by molar-refractivity contribution is 7.91. The van der Waals surface area contributed by atoms with Crippen molar-refractivity contribution in [1.82, 2.24) is 24.3 Å². The molecule has 3 heterocycles. The highest BCUT2D eigenvalue weighted by atomic mass is 32.2. The van der Waals surface area contributed by atoms with Crippen molar-refractivity contribution in [2.45, 2.75) is 36.2 Å². The highest BCUT2D eigenvalue weighted by Crippen LogP contribution is 2.33. The molecule has 3 aromatic heterocycles.